The van der Waals surface area contributed by atoms with Gasteiger partial charge in [-0.15, -0.1) is 0 Å². The van der Waals surface area contributed by atoms with Crippen LogP contribution in [0.25, 0.3) is 5.76 Å². The van der Waals surface area contributed by atoms with Crippen molar-refractivity contribution in [3.05, 3.63) is 95.1 Å². The van der Waals surface area contributed by atoms with Gasteiger partial charge in [-0.2, -0.15) is 0 Å². The maximum absolute atomic E-state index is 13.1. The fraction of sp³-hybridized carbons (Fsp3) is 0.214. The molecule has 3 aromatic rings. The van der Waals surface area contributed by atoms with Crippen LogP contribution in [0.5, 0.6) is 17.2 Å². The number of phenolic OH excluding ortho intramolecular Hbond substituents is 1. The summed E-state index contributed by atoms with van der Waals surface area (Å²) in [5.74, 6) is -1.15. The zero-order valence-electron chi connectivity index (χ0n) is 20.0. The lowest BCUT2D eigenvalue weighted by Crippen LogP contribution is -2.32. The Labute approximate surface area is 209 Å². The number of ether oxygens (including phenoxy) is 3. The fourth-order valence-corrected chi connectivity index (χ4v) is 4.12. The van der Waals surface area contributed by atoms with E-state index in [2.05, 4.69) is 0 Å². The zero-order valence-corrected chi connectivity index (χ0v) is 20.0. The van der Waals surface area contributed by atoms with Crippen molar-refractivity contribution in [1.29, 1.82) is 0 Å². The molecule has 0 radical (unpaired) electrons. The molecule has 1 atom stereocenters. The van der Waals surface area contributed by atoms with Gasteiger partial charge >= 0.3 is 0 Å². The van der Waals surface area contributed by atoms with E-state index in [1.54, 1.807) is 36.4 Å². The van der Waals surface area contributed by atoms with Crippen LogP contribution in [0.1, 0.15) is 22.7 Å². The molecule has 1 saturated heterocycles. The van der Waals surface area contributed by atoms with Crippen molar-refractivity contribution in [2.45, 2.75) is 12.6 Å². The van der Waals surface area contributed by atoms with Gasteiger partial charge in [-0.1, -0.05) is 36.4 Å². The Bertz CT molecular complexity index is 1270. The summed E-state index contributed by atoms with van der Waals surface area (Å²) in [5.41, 5.74) is 1.83. The molecular weight excluding hydrogens is 462 g/mol. The van der Waals surface area contributed by atoms with Crippen LogP contribution in [0, 0.1) is 0 Å². The van der Waals surface area contributed by atoms with Gasteiger partial charge in [0.1, 0.15) is 18.1 Å². The molecule has 2 N–H and O–H groups in total. The molecule has 0 spiro atoms. The van der Waals surface area contributed by atoms with Gasteiger partial charge in [-0.25, -0.2) is 0 Å². The van der Waals surface area contributed by atoms with Crippen molar-refractivity contribution >= 4 is 17.4 Å². The molecule has 0 aliphatic carbocycles. The molecule has 1 fully saturated rings. The number of amides is 1. The Morgan fingerprint density at radius 3 is 2.36 bits per heavy atom. The van der Waals surface area contributed by atoms with Crippen molar-refractivity contribution in [2.75, 3.05) is 27.4 Å². The van der Waals surface area contributed by atoms with Gasteiger partial charge in [0.2, 0.25) is 0 Å². The Hall–Kier alpha value is -4.30. The van der Waals surface area contributed by atoms with E-state index in [-0.39, 0.29) is 36.0 Å². The number of aliphatic hydroxyl groups excluding tert-OH is 1. The van der Waals surface area contributed by atoms with Gasteiger partial charge in [-0.05, 0) is 47.5 Å². The van der Waals surface area contributed by atoms with Gasteiger partial charge in [0, 0.05) is 19.2 Å². The molecule has 8 nitrogen and oxygen atoms in total. The van der Waals surface area contributed by atoms with Crippen LogP contribution in [0.3, 0.4) is 0 Å². The number of benzene rings is 3. The minimum Gasteiger partial charge on any atom is -0.507 e. The monoisotopic (exact) mass is 489 g/mol. The predicted octanol–water partition coefficient (Wildman–Crippen LogP) is 4.05. The van der Waals surface area contributed by atoms with E-state index in [1.807, 2.05) is 30.3 Å². The summed E-state index contributed by atoms with van der Waals surface area (Å²) in [6, 6.07) is 20.0. The first kappa shape index (κ1) is 24.8. The van der Waals surface area contributed by atoms with Gasteiger partial charge < -0.3 is 29.3 Å². The molecule has 1 heterocycles. The van der Waals surface area contributed by atoms with Crippen molar-refractivity contribution in [1.82, 2.24) is 4.90 Å². The summed E-state index contributed by atoms with van der Waals surface area (Å²) < 4.78 is 16.1. The third-order valence-electron chi connectivity index (χ3n) is 5.97. The molecule has 0 bridgehead atoms. The summed E-state index contributed by atoms with van der Waals surface area (Å²) in [6.45, 7) is 0.726. The van der Waals surface area contributed by atoms with E-state index in [4.69, 9.17) is 14.2 Å². The molecule has 8 heteroatoms. The van der Waals surface area contributed by atoms with E-state index in [0.717, 1.165) is 5.56 Å². The van der Waals surface area contributed by atoms with Crippen LogP contribution in [0.2, 0.25) is 0 Å². The summed E-state index contributed by atoms with van der Waals surface area (Å²) in [5, 5.41) is 21.2. The van der Waals surface area contributed by atoms with Gasteiger partial charge in [0.15, 0.2) is 11.5 Å². The smallest absolute Gasteiger partial charge is 0.295 e. The number of aromatic hydroxyl groups is 1. The third-order valence-corrected chi connectivity index (χ3v) is 5.97. The van der Waals surface area contributed by atoms with Crippen molar-refractivity contribution in [2.24, 2.45) is 0 Å². The highest BCUT2D eigenvalue weighted by atomic mass is 16.5. The van der Waals surface area contributed by atoms with Crippen LogP contribution in [0.4, 0.5) is 0 Å². The second-order valence-corrected chi connectivity index (χ2v) is 8.22. The number of carbonyl (C=O) groups excluding carboxylic acids is 2. The van der Waals surface area contributed by atoms with E-state index in [1.165, 1.54) is 25.2 Å². The first-order chi connectivity index (χ1) is 17.4. The van der Waals surface area contributed by atoms with Gasteiger partial charge in [0.25, 0.3) is 11.7 Å². The minimum atomic E-state index is -0.886. The lowest BCUT2D eigenvalue weighted by molar-refractivity contribution is -0.140. The molecular formula is C28H27NO7. The topological polar surface area (TPSA) is 106 Å². The third kappa shape index (κ3) is 5.04. The number of phenols is 1. The largest absolute Gasteiger partial charge is 0.507 e. The molecule has 1 aliphatic rings. The highest BCUT2D eigenvalue weighted by Crippen LogP contribution is 2.41. The standard InChI is InChI=1S/C28H27NO7/c1-34-15-14-29-25(20-10-13-22(30)23(16-20)35-2)24(27(32)28(29)33)26(31)19-8-11-21(12-9-19)36-17-18-6-4-3-5-7-18/h3-13,16,25,30-31H,14-15,17H2,1-2H3/b26-24+/t25-/m0/s1. The maximum Gasteiger partial charge on any atom is 0.295 e. The highest BCUT2D eigenvalue weighted by molar-refractivity contribution is 6.46. The zero-order chi connectivity index (χ0) is 25.7. The lowest BCUT2D eigenvalue weighted by Gasteiger charge is -2.25. The van der Waals surface area contributed by atoms with E-state index in [0.29, 0.717) is 23.5 Å². The quantitative estimate of drug-likeness (QED) is 0.265. The summed E-state index contributed by atoms with van der Waals surface area (Å²) >= 11 is 0. The molecule has 0 unspecified atom stereocenters. The number of likely N-dealkylation sites (tertiary alicyclic amines) is 1. The number of nitrogens with zero attached hydrogens (tertiary/aromatic N) is 1. The Balaban J connectivity index is 1.68. The first-order valence-electron chi connectivity index (χ1n) is 11.4. The van der Waals surface area contributed by atoms with Crippen molar-refractivity contribution in [3.63, 3.8) is 0 Å². The van der Waals surface area contributed by atoms with Crippen LogP contribution in [0.15, 0.2) is 78.4 Å². The second-order valence-electron chi connectivity index (χ2n) is 8.22. The van der Waals surface area contributed by atoms with Crippen LogP contribution < -0.4 is 9.47 Å². The SMILES string of the molecule is COCCN1C(=O)C(=O)/C(=C(/O)c2ccc(OCc3ccccc3)cc2)[C@@H]1c1ccc(O)c(OC)c1. The van der Waals surface area contributed by atoms with Crippen molar-refractivity contribution in [3.8, 4) is 17.2 Å². The summed E-state index contributed by atoms with van der Waals surface area (Å²) in [7, 11) is 2.90. The van der Waals surface area contributed by atoms with Crippen LogP contribution >= 0.6 is 0 Å². The molecule has 186 valence electrons. The fourth-order valence-electron chi connectivity index (χ4n) is 4.12. The molecule has 0 aromatic heterocycles. The number of aliphatic hydroxyl groups is 1. The van der Waals surface area contributed by atoms with Crippen LogP contribution in [-0.4, -0.2) is 54.2 Å². The first-order valence-corrected chi connectivity index (χ1v) is 11.4. The highest BCUT2D eigenvalue weighted by Gasteiger charge is 2.46. The average molecular weight is 490 g/mol. The normalized spacial score (nSPS) is 16.8. The number of carbonyl (C=O) groups is 2. The molecule has 4 rings (SSSR count). The van der Waals surface area contributed by atoms with Gasteiger partial charge in [-0.3, -0.25) is 9.59 Å². The lowest BCUT2D eigenvalue weighted by atomic mass is 9.95. The summed E-state index contributed by atoms with van der Waals surface area (Å²) in [6.07, 6.45) is 0. The number of hydrogen-bond acceptors (Lipinski definition) is 7. The average Bonchev–Trinajstić information content (AvgIpc) is 3.16. The number of rotatable bonds is 9. The van der Waals surface area contributed by atoms with E-state index >= 15 is 0 Å². The maximum atomic E-state index is 13.1. The van der Waals surface area contributed by atoms with E-state index < -0.39 is 17.7 Å². The van der Waals surface area contributed by atoms with E-state index in [9.17, 15) is 19.8 Å². The number of methoxy groups -OCH3 is 2. The minimum absolute atomic E-state index is 0.0539. The Morgan fingerprint density at radius 1 is 0.972 bits per heavy atom. The molecule has 1 aliphatic heterocycles. The molecule has 36 heavy (non-hydrogen) atoms. The Morgan fingerprint density at radius 2 is 1.69 bits per heavy atom. The number of hydrogen-bond donors (Lipinski definition) is 2. The molecule has 3 aromatic carbocycles. The van der Waals surface area contributed by atoms with Gasteiger partial charge in [0.05, 0.1) is 25.3 Å². The number of Topliss-reactive ketones (excluding diaryl/α,β-unsaturated/α-hetero) is 1. The predicted molar refractivity (Wildman–Crippen MR) is 133 cm³/mol. The second kappa shape index (κ2) is 11.0. The summed E-state index contributed by atoms with van der Waals surface area (Å²) in [4.78, 5) is 27.3. The van der Waals surface area contributed by atoms with Crippen molar-refractivity contribution < 1.29 is 34.0 Å². The molecule has 0 saturated carbocycles. The number of ketones is 1. The van der Waals surface area contributed by atoms with Crippen LogP contribution in [-0.2, 0) is 20.9 Å². The Kier molecular flexibility index (Phi) is 7.56. The molecule has 1 amide bonds.